The van der Waals surface area contributed by atoms with Gasteiger partial charge in [-0.2, -0.15) is 5.26 Å². The fourth-order valence-electron chi connectivity index (χ4n) is 2.58. The van der Waals surface area contributed by atoms with E-state index >= 15 is 0 Å². The van der Waals surface area contributed by atoms with Gasteiger partial charge in [0.05, 0.1) is 23.2 Å². The molecular weight excluding hydrogens is 246 g/mol. The molecule has 0 amide bonds. The van der Waals surface area contributed by atoms with E-state index in [-0.39, 0.29) is 6.04 Å². The zero-order valence-electron chi connectivity index (χ0n) is 10.8. The minimum Gasteiger partial charge on any atom is -0.367 e. The molecule has 0 aromatic heterocycles. The number of anilines is 1. The smallest absolute Gasteiger partial charge is 0.0644 e. The third-order valence-corrected chi connectivity index (χ3v) is 3.60. The van der Waals surface area contributed by atoms with Crippen LogP contribution in [0.25, 0.3) is 0 Å². The number of nitrogens with zero attached hydrogens (tertiary/aromatic N) is 2. The van der Waals surface area contributed by atoms with Gasteiger partial charge in [-0.1, -0.05) is 17.7 Å². The fourth-order valence-corrected chi connectivity index (χ4v) is 3.02. The molecule has 0 saturated carbocycles. The summed E-state index contributed by atoms with van der Waals surface area (Å²) in [6, 6.07) is 6.62. The minimum absolute atomic E-state index is 0.237. The number of halogens is 1. The molecule has 1 aromatic carbocycles. The lowest BCUT2D eigenvalue weighted by atomic mass is 10.1. The first-order valence-electron chi connectivity index (χ1n) is 6.24. The summed E-state index contributed by atoms with van der Waals surface area (Å²) in [5.41, 5.74) is 3.51. The summed E-state index contributed by atoms with van der Waals surface area (Å²) >= 11 is 6.37. The van der Waals surface area contributed by atoms with E-state index in [9.17, 15) is 0 Å². The summed E-state index contributed by atoms with van der Waals surface area (Å²) in [5.74, 6) is 0. The third-order valence-electron chi connectivity index (χ3n) is 3.31. The predicted octanol–water partition coefficient (Wildman–Crippen LogP) is 2.65. The van der Waals surface area contributed by atoms with Gasteiger partial charge in [-0.25, -0.2) is 0 Å². The largest absolute Gasteiger partial charge is 0.367 e. The molecule has 1 aliphatic heterocycles. The van der Waals surface area contributed by atoms with Gasteiger partial charge in [0.15, 0.2) is 0 Å². The van der Waals surface area contributed by atoms with E-state index < -0.39 is 0 Å². The van der Waals surface area contributed by atoms with Crippen LogP contribution in [0.1, 0.15) is 17.5 Å². The summed E-state index contributed by atoms with van der Waals surface area (Å²) in [6.07, 6.45) is 0.541. The van der Waals surface area contributed by atoms with Crippen molar-refractivity contribution in [2.45, 2.75) is 26.3 Å². The van der Waals surface area contributed by atoms with Gasteiger partial charge >= 0.3 is 0 Å². The highest BCUT2D eigenvalue weighted by atomic mass is 35.5. The minimum atomic E-state index is 0.237. The molecule has 1 unspecified atom stereocenters. The molecule has 0 aliphatic carbocycles. The van der Waals surface area contributed by atoms with Crippen molar-refractivity contribution in [3.05, 3.63) is 28.3 Å². The molecule has 96 valence electrons. The first-order valence-corrected chi connectivity index (χ1v) is 6.61. The third kappa shape index (κ3) is 2.77. The van der Waals surface area contributed by atoms with Crippen molar-refractivity contribution in [2.75, 3.05) is 24.5 Å². The van der Waals surface area contributed by atoms with E-state index in [4.69, 9.17) is 16.9 Å². The predicted molar refractivity (Wildman–Crippen MR) is 75.2 cm³/mol. The molecule has 4 heteroatoms. The van der Waals surface area contributed by atoms with Crippen LogP contribution in [0.5, 0.6) is 0 Å². The molecule has 1 heterocycles. The van der Waals surface area contributed by atoms with Crippen LogP contribution in [0.4, 0.5) is 5.69 Å². The molecule has 18 heavy (non-hydrogen) atoms. The highest BCUT2D eigenvalue weighted by Gasteiger charge is 2.22. The molecule has 1 fully saturated rings. The average Bonchev–Trinajstić information content (AvgIpc) is 2.28. The molecule has 3 nitrogen and oxygen atoms in total. The number of hydrogen-bond donors (Lipinski definition) is 1. The number of rotatable bonds is 2. The van der Waals surface area contributed by atoms with Gasteiger partial charge in [-0.3, -0.25) is 0 Å². The Morgan fingerprint density at radius 1 is 1.50 bits per heavy atom. The van der Waals surface area contributed by atoms with Gasteiger partial charge in [0.2, 0.25) is 0 Å². The second-order valence-corrected chi connectivity index (χ2v) is 5.28. The van der Waals surface area contributed by atoms with Crippen molar-refractivity contribution >= 4 is 17.3 Å². The Morgan fingerprint density at radius 2 is 2.28 bits per heavy atom. The van der Waals surface area contributed by atoms with Gasteiger partial charge in [-0.15, -0.1) is 0 Å². The Kier molecular flexibility index (Phi) is 4.11. The van der Waals surface area contributed by atoms with Crippen LogP contribution >= 0.6 is 11.6 Å². The zero-order valence-corrected chi connectivity index (χ0v) is 11.6. The molecule has 1 aliphatic rings. The van der Waals surface area contributed by atoms with Crippen molar-refractivity contribution in [1.82, 2.24) is 5.32 Å². The Bertz CT molecular complexity index is 455. The van der Waals surface area contributed by atoms with E-state index in [1.54, 1.807) is 0 Å². The Hall–Kier alpha value is -1.24. The summed E-state index contributed by atoms with van der Waals surface area (Å²) < 4.78 is 0. The van der Waals surface area contributed by atoms with Crippen LogP contribution in [-0.4, -0.2) is 25.7 Å². The normalized spacial score (nSPS) is 19.7. The molecule has 0 spiro atoms. The fraction of sp³-hybridized carbons (Fsp3) is 0.500. The Morgan fingerprint density at radius 3 is 2.94 bits per heavy atom. The van der Waals surface area contributed by atoms with E-state index in [1.807, 2.05) is 6.07 Å². The van der Waals surface area contributed by atoms with E-state index in [2.05, 4.69) is 36.2 Å². The van der Waals surface area contributed by atoms with Crippen molar-refractivity contribution in [3.8, 4) is 6.07 Å². The topological polar surface area (TPSA) is 39.1 Å². The second kappa shape index (κ2) is 5.60. The maximum Gasteiger partial charge on any atom is 0.0644 e. The zero-order chi connectivity index (χ0) is 13.1. The van der Waals surface area contributed by atoms with Crippen LogP contribution in [-0.2, 0) is 0 Å². The molecule has 1 atom stereocenters. The van der Waals surface area contributed by atoms with E-state index in [0.717, 1.165) is 30.3 Å². The first-order chi connectivity index (χ1) is 8.61. The van der Waals surface area contributed by atoms with Crippen molar-refractivity contribution in [2.24, 2.45) is 0 Å². The quantitative estimate of drug-likeness (QED) is 0.892. The van der Waals surface area contributed by atoms with Crippen LogP contribution in [0.3, 0.4) is 0 Å². The highest BCUT2D eigenvalue weighted by Crippen LogP contribution is 2.31. The number of piperazine rings is 1. The van der Waals surface area contributed by atoms with Crippen molar-refractivity contribution in [3.63, 3.8) is 0 Å². The summed E-state index contributed by atoms with van der Waals surface area (Å²) in [6.45, 7) is 6.83. The molecule has 1 saturated heterocycles. The van der Waals surface area contributed by atoms with E-state index in [1.165, 1.54) is 11.1 Å². The molecule has 1 aromatic rings. The Labute approximate surface area is 113 Å². The van der Waals surface area contributed by atoms with Gasteiger partial charge in [0.25, 0.3) is 0 Å². The summed E-state index contributed by atoms with van der Waals surface area (Å²) in [4.78, 5) is 2.29. The molecule has 2 rings (SSSR count). The van der Waals surface area contributed by atoms with Gasteiger partial charge in [0.1, 0.15) is 0 Å². The lowest BCUT2D eigenvalue weighted by molar-refractivity contribution is 0.462. The maximum atomic E-state index is 8.79. The SMILES string of the molecule is Cc1cc(C)c(N2CCNC(CC#N)C2)c(Cl)c1. The van der Waals surface area contributed by atoms with Crippen molar-refractivity contribution < 1.29 is 0 Å². The van der Waals surface area contributed by atoms with Gasteiger partial charge in [0, 0.05) is 25.7 Å². The highest BCUT2D eigenvalue weighted by molar-refractivity contribution is 6.33. The number of nitrogens with one attached hydrogen (secondary N) is 1. The van der Waals surface area contributed by atoms with Crippen LogP contribution in [0.2, 0.25) is 5.02 Å². The number of benzene rings is 1. The Balaban J connectivity index is 2.24. The lowest BCUT2D eigenvalue weighted by Gasteiger charge is -2.36. The number of nitriles is 1. The number of hydrogen-bond acceptors (Lipinski definition) is 3. The second-order valence-electron chi connectivity index (χ2n) is 4.87. The van der Waals surface area contributed by atoms with Crippen LogP contribution in [0, 0.1) is 25.2 Å². The van der Waals surface area contributed by atoms with Crippen LogP contribution in [0.15, 0.2) is 12.1 Å². The summed E-state index contributed by atoms with van der Waals surface area (Å²) in [7, 11) is 0. The molecule has 0 radical (unpaired) electrons. The van der Waals surface area contributed by atoms with E-state index in [0.29, 0.717) is 6.42 Å². The lowest BCUT2D eigenvalue weighted by Crippen LogP contribution is -2.50. The maximum absolute atomic E-state index is 8.79. The summed E-state index contributed by atoms with van der Waals surface area (Å²) in [5, 5.41) is 13.0. The molecule has 1 N–H and O–H groups in total. The first kappa shape index (κ1) is 13.2. The number of aryl methyl sites for hydroxylation is 2. The molecular formula is C14H18ClN3. The standard InChI is InChI=1S/C14H18ClN3/c1-10-7-11(2)14(13(15)8-10)18-6-5-17-12(9-18)3-4-16/h7-8,12,17H,3,5-6,9H2,1-2H3. The molecule has 0 bridgehead atoms. The average molecular weight is 264 g/mol. The van der Waals surface area contributed by atoms with Crippen molar-refractivity contribution in [1.29, 1.82) is 5.26 Å². The monoisotopic (exact) mass is 263 g/mol. The van der Waals surface area contributed by atoms with Gasteiger partial charge in [-0.05, 0) is 31.0 Å². The van der Waals surface area contributed by atoms with Gasteiger partial charge < -0.3 is 10.2 Å². The van der Waals surface area contributed by atoms with Crippen LogP contribution < -0.4 is 10.2 Å².